The highest BCUT2D eigenvalue weighted by atomic mass is 16.4. The number of carbonyl (C=O) groups is 1. The van der Waals surface area contributed by atoms with Crippen LogP contribution in [-0.4, -0.2) is 11.1 Å². The lowest BCUT2D eigenvalue weighted by Gasteiger charge is -2.56. The average Bonchev–Trinajstić information content (AvgIpc) is 2.75. The van der Waals surface area contributed by atoms with E-state index in [-0.39, 0.29) is 0 Å². The quantitative estimate of drug-likeness (QED) is 0.765. The zero-order valence-corrected chi connectivity index (χ0v) is 11.6. The standard InChI is InChI=1S/C17H24O2/c18-16(19)9-10-1-2-13(4-10)17-14-5-11-3-12(7-14)8-15(17)6-11/h9,11-15,17H,1-8H2,(H,18,19)/b10-9+. The monoisotopic (exact) mass is 260 g/mol. The van der Waals surface area contributed by atoms with E-state index in [0.29, 0.717) is 0 Å². The van der Waals surface area contributed by atoms with Gasteiger partial charge in [0.1, 0.15) is 0 Å². The molecule has 0 spiro atoms. The Hall–Kier alpha value is -0.790. The van der Waals surface area contributed by atoms with Crippen molar-refractivity contribution in [2.24, 2.45) is 35.5 Å². The Bertz CT molecular complexity index is 395. The summed E-state index contributed by atoms with van der Waals surface area (Å²) < 4.78 is 0. The summed E-state index contributed by atoms with van der Waals surface area (Å²) in [5.41, 5.74) is 1.20. The molecule has 5 aliphatic carbocycles. The highest BCUT2D eigenvalue weighted by Crippen LogP contribution is 2.60. The molecular weight excluding hydrogens is 236 g/mol. The topological polar surface area (TPSA) is 37.3 Å². The Morgan fingerprint density at radius 3 is 2.21 bits per heavy atom. The van der Waals surface area contributed by atoms with Crippen LogP contribution in [0.3, 0.4) is 0 Å². The first kappa shape index (κ1) is 12.0. The Labute approximate surface area is 115 Å². The Kier molecular flexibility index (Phi) is 2.75. The predicted molar refractivity (Wildman–Crippen MR) is 73.6 cm³/mol. The predicted octanol–water partition coefficient (Wildman–Crippen LogP) is 3.87. The fourth-order valence-corrected chi connectivity index (χ4v) is 6.28. The van der Waals surface area contributed by atoms with Crippen molar-refractivity contribution in [1.29, 1.82) is 0 Å². The molecule has 5 aliphatic rings. The number of aliphatic carboxylic acids is 1. The van der Waals surface area contributed by atoms with Gasteiger partial charge in [-0.15, -0.1) is 0 Å². The summed E-state index contributed by atoms with van der Waals surface area (Å²) in [7, 11) is 0. The summed E-state index contributed by atoms with van der Waals surface area (Å²) in [6.45, 7) is 0. The maximum absolute atomic E-state index is 10.8. The summed E-state index contributed by atoms with van der Waals surface area (Å²) >= 11 is 0. The second kappa shape index (κ2) is 4.36. The van der Waals surface area contributed by atoms with Crippen molar-refractivity contribution in [2.75, 3.05) is 0 Å². The lowest BCUT2D eigenvalue weighted by molar-refractivity contribution is -0.131. The molecule has 1 unspecified atom stereocenters. The molecule has 5 rings (SSSR count). The lowest BCUT2D eigenvalue weighted by atomic mass is 9.49. The summed E-state index contributed by atoms with van der Waals surface area (Å²) in [5, 5.41) is 8.90. The van der Waals surface area contributed by atoms with Crippen LogP contribution in [0.5, 0.6) is 0 Å². The molecule has 104 valence electrons. The van der Waals surface area contributed by atoms with Gasteiger partial charge in [0.15, 0.2) is 0 Å². The third kappa shape index (κ3) is 2.04. The van der Waals surface area contributed by atoms with Crippen LogP contribution in [0.15, 0.2) is 11.6 Å². The van der Waals surface area contributed by atoms with Crippen LogP contribution in [0.25, 0.3) is 0 Å². The van der Waals surface area contributed by atoms with E-state index in [2.05, 4.69) is 0 Å². The van der Waals surface area contributed by atoms with Crippen LogP contribution in [0, 0.1) is 35.5 Å². The largest absolute Gasteiger partial charge is 0.478 e. The second-order valence-electron chi connectivity index (χ2n) is 7.65. The van der Waals surface area contributed by atoms with E-state index in [1.54, 1.807) is 0 Å². The Morgan fingerprint density at radius 2 is 1.63 bits per heavy atom. The molecule has 19 heavy (non-hydrogen) atoms. The van der Waals surface area contributed by atoms with Gasteiger partial charge < -0.3 is 5.11 Å². The van der Waals surface area contributed by atoms with E-state index < -0.39 is 5.97 Å². The maximum atomic E-state index is 10.8. The molecule has 0 aromatic rings. The van der Waals surface area contributed by atoms with Gasteiger partial charge in [0, 0.05) is 6.08 Å². The minimum absolute atomic E-state index is 0.749. The van der Waals surface area contributed by atoms with Crippen molar-refractivity contribution in [3.63, 3.8) is 0 Å². The number of allylic oxidation sites excluding steroid dienone is 1. The molecule has 0 radical (unpaired) electrons. The molecule has 5 fully saturated rings. The third-order valence-electron chi connectivity index (χ3n) is 6.53. The molecule has 2 nitrogen and oxygen atoms in total. The summed E-state index contributed by atoms with van der Waals surface area (Å²) in [5.74, 6) is 5.08. The van der Waals surface area contributed by atoms with Crippen LogP contribution < -0.4 is 0 Å². The van der Waals surface area contributed by atoms with Crippen LogP contribution in [0.1, 0.15) is 51.4 Å². The number of hydrogen-bond acceptors (Lipinski definition) is 1. The number of carboxylic acid groups (broad SMARTS) is 1. The second-order valence-corrected chi connectivity index (χ2v) is 7.65. The number of hydrogen-bond donors (Lipinski definition) is 1. The number of rotatable bonds is 2. The van der Waals surface area contributed by atoms with Crippen LogP contribution in [-0.2, 0) is 4.79 Å². The first-order chi connectivity index (χ1) is 9.19. The van der Waals surface area contributed by atoms with Crippen molar-refractivity contribution in [1.82, 2.24) is 0 Å². The highest BCUT2D eigenvalue weighted by molar-refractivity contribution is 5.80. The minimum Gasteiger partial charge on any atom is -0.478 e. The van der Waals surface area contributed by atoms with Crippen molar-refractivity contribution < 1.29 is 9.90 Å². The first-order valence-electron chi connectivity index (χ1n) is 8.11. The zero-order valence-electron chi connectivity index (χ0n) is 11.6. The molecule has 0 saturated heterocycles. The molecule has 5 saturated carbocycles. The van der Waals surface area contributed by atoms with Gasteiger partial charge in [0.2, 0.25) is 0 Å². The van der Waals surface area contributed by atoms with E-state index in [1.807, 2.05) is 0 Å². The fourth-order valence-electron chi connectivity index (χ4n) is 6.28. The van der Waals surface area contributed by atoms with Gasteiger partial charge in [-0.2, -0.15) is 0 Å². The Morgan fingerprint density at radius 1 is 1.00 bits per heavy atom. The van der Waals surface area contributed by atoms with Crippen LogP contribution in [0.4, 0.5) is 0 Å². The zero-order chi connectivity index (χ0) is 13.0. The molecule has 0 aliphatic heterocycles. The van der Waals surface area contributed by atoms with Crippen molar-refractivity contribution in [3.05, 3.63) is 11.6 Å². The molecule has 0 amide bonds. The average molecular weight is 260 g/mol. The van der Waals surface area contributed by atoms with Gasteiger partial charge in [-0.3, -0.25) is 0 Å². The van der Waals surface area contributed by atoms with E-state index in [4.69, 9.17) is 5.11 Å². The molecular formula is C17H24O2. The van der Waals surface area contributed by atoms with Crippen LogP contribution in [0.2, 0.25) is 0 Å². The van der Waals surface area contributed by atoms with Crippen LogP contribution >= 0.6 is 0 Å². The third-order valence-corrected chi connectivity index (χ3v) is 6.53. The van der Waals surface area contributed by atoms with Gasteiger partial charge in [-0.25, -0.2) is 4.79 Å². The number of carboxylic acids is 1. The molecule has 1 atom stereocenters. The van der Waals surface area contributed by atoms with Gasteiger partial charge in [-0.1, -0.05) is 5.57 Å². The van der Waals surface area contributed by atoms with Gasteiger partial charge >= 0.3 is 5.97 Å². The SMILES string of the molecule is O=C(O)/C=C1\CCC(C2C3CC4CC(C3)CC2C4)C1. The van der Waals surface area contributed by atoms with Gasteiger partial charge in [0.25, 0.3) is 0 Å². The van der Waals surface area contributed by atoms with E-state index >= 15 is 0 Å². The van der Waals surface area contributed by atoms with E-state index in [0.717, 1.165) is 48.3 Å². The van der Waals surface area contributed by atoms with Crippen molar-refractivity contribution in [3.8, 4) is 0 Å². The molecule has 0 aromatic carbocycles. The molecule has 0 heterocycles. The fraction of sp³-hybridized carbons (Fsp3) is 0.824. The van der Waals surface area contributed by atoms with Crippen molar-refractivity contribution in [2.45, 2.75) is 51.4 Å². The minimum atomic E-state index is -0.749. The molecule has 2 heteroatoms. The lowest BCUT2D eigenvalue weighted by Crippen LogP contribution is -2.47. The van der Waals surface area contributed by atoms with E-state index in [1.165, 1.54) is 50.2 Å². The normalized spacial score (nSPS) is 50.0. The smallest absolute Gasteiger partial charge is 0.328 e. The van der Waals surface area contributed by atoms with E-state index in [9.17, 15) is 4.79 Å². The molecule has 1 N–H and O–H groups in total. The summed E-state index contributed by atoms with van der Waals surface area (Å²) in [4.78, 5) is 10.8. The Balaban J connectivity index is 1.50. The summed E-state index contributed by atoms with van der Waals surface area (Å²) in [6.07, 6.45) is 12.4. The van der Waals surface area contributed by atoms with Gasteiger partial charge in [0.05, 0.1) is 0 Å². The molecule has 0 aromatic heterocycles. The van der Waals surface area contributed by atoms with Crippen molar-refractivity contribution >= 4 is 5.97 Å². The highest BCUT2D eigenvalue weighted by Gasteiger charge is 2.50. The van der Waals surface area contributed by atoms with Gasteiger partial charge in [-0.05, 0) is 86.9 Å². The summed E-state index contributed by atoms with van der Waals surface area (Å²) in [6, 6.07) is 0. The molecule has 4 bridgehead atoms. The first-order valence-corrected chi connectivity index (χ1v) is 8.11. The maximum Gasteiger partial charge on any atom is 0.328 e.